The predicted octanol–water partition coefficient (Wildman–Crippen LogP) is 14.2. The van der Waals surface area contributed by atoms with Crippen LogP contribution in [0.15, 0.2) is 211 Å². The van der Waals surface area contributed by atoms with Crippen molar-refractivity contribution in [1.82, 2.24) is 15.0 Å². The molecule has 5 heteroatoms. The lowest BCUT2D eigenvalue weighted by atomic mass is 9.98. The summed E-state index contributed by atoms with van der Waals surface area (Å²) in [5.74, 6) is 1.83. The second kappa shape index (κ2) is 14.0. The normalized spacial score (nSPS) is 11.4. The third kappa shape index (κ3) is 5.94. The van der Waals surface area contributed by atoms with Gasteiger partial charge >= 0.3 is 0 Å². The van der Waals surface area contributed by atoms with Crippen LogP contribution in [0.25, 0.3) is 88.8 Å². The molecule has 0 unspecified atom stereocenters. The lowest BCUT2D eigenvalue weighted by Gasteiger charge is -2.26. The van der Waals surface area contributed by atoms with E-state index >= 15 is 0 Å². The van der Waals surface area contributed by atoms with Gasteiger partial charge in [-0.15, -0.1) is 0 Å². The molecule has 0 bridgehead atoms. The molecular weight excluding hydrogens is 709 g/mol. The monoisotopic (exact) mass is 742 g/mol. The average molecular weight is 743 g/mol. The van der Waals surface area contributed by atoms with E-state index in [9.17, 15) is 0 Å². The molecule has 11 rings (SSSR count). The molecule has 0 aliphatic carbocycles. The van der Waals surface area contributed by atoms with E-state index in [1.165, 1.54) is 16.5 Å². The fourth-order valence-corrected chi connectivity index (χ4v) is 8.04. The summed E-state index contributed by atoms with van der Waals surface area (Å²) in [5.41, 5.74) is 9.86. The smallest absolute Gasteiger partial charge is 0.164 e. The molecule has 272 valence electrons. The molecule has 2 aromatic heterocycles. The van der Waals surface area contributed by atoms with Gasteiger partial charge in [0.15, 0.2) is 17.5 Å². The molecule has 0 atom stereocenters. The maximum absolute atomic E-state index is 6.72. The highest BCUT2D eigenvalue weighted by Crippen LogP contribution is 2.43. The lowest BCUT2D eigenvalue weighted by Crippen LogP contribution is -2.09. The molecule has 2 heterocycles. The lowest BCUT2D eigenvalue weighted by molar-refractivity contribution is 0.672. The third-order valence-electron chi connectivity index (χ3n) is 10.9. The zero-order chi connectivity index (χ0) is 38.4. The Morgan fingerprint density at radius 2 is 0.879 bits per heavy atom. The van der Waals surface area contributed by atoms with Crippen molar-refractivity contribution in [2.24, 2.45) is 0 Å². The Morgan fingerprint density at radius 1 is 0.328 bits per heavy atom. The molecule has 0 fully saturated rings. The standard InChI is InChI=1S/C53H34N4O/c1-4-14-35(15-5-1)37-26-28-42(29-27-37)57(41-20-8-3-9-21-41)43-30-31-44-46(33-43)50-47(45-22-12-13-23-49(45)58-50)34-48(44)53-55-51(38-17-6-2-7-18-38)54-52(56-53)40-25-24-36-16-10-11-19-39(36)32-40/h1-34H. The van der Waals surface area contributed by atoms with Gasteiger partial charge in [0.1, 0.15) is 11.2 Å². The number of para-hydroxylation sites is 2. The van der Waals surface area contributed by atoms with Gasteiger partial charge in [-0.3, -0.25) is 0 Å². The van der Waals surface area contributed by atoms with E-state index in [0.29, 0.717) is 17.5 Å². The van der Waals surface area contributed by atoms with Gasteiger partial charge in [-0.25, -0.2) is 15.0 Å². The van der Waals surface area contributed by atoms with Crippen molar-refractivity contribution in [1.29, 1.82) is 0 Å². The van der Waals surface area contributed by atoms with Gasteiger partial charge in [-0.05, 0) is 81.9 Å². The van der Waals surface area contributed by atoms with E-state index in [1.807, 2.05) is 48.5 Å². The van der Waals surface area contributed by atoms with Crippen molar-refractivity contribution in [2.75, 3.05) is 4.90 Å². The minimum absolute atomic E-state index is 0.596. The SMILES string of the molecule is c1ccc(-c2ccc(N(c3ccccc3)c3ccc4c(-c5nc(-c6ccccc6)nc(-c6ccc7ccccc7c6)n5)cc5c6ccccc6oc5c4c3)cc2)cc1. The fraction of sp³-hybridized carbons (Fsp3) is 0. The number of hydrogen-bond acceptors (Lipinski definition) is 5. The van der Waals surface area contributed by atoms with Crippen LogP contribution < -0.4 is 4.90 Å². The summed E-state index contributed by atoms with van der Waals surface area (Å²) in [4.78, 5) is 17.8. The van der Waals surface area contributed by atoms with Crippen molar-refractivity contribution < 1.29 is 4.42 Å². The Hall–Kier alpha value is -7.89. The Balaban J connectivity index is 1.14. The molecule has 0 aliphatic heterocycles. The number of nitrogens with zero attached hydrogens (tertiary/aromatic N) is 4. The van der Waals surface area contributed by atoms with Gasteiger partial charge in [0, 0.05) is 49.9 Å². The van der Waals surface area contributed by atoms with Gasteiger partial charge in [0.25, 0.3) is 0 Å². The molecule has 0 N–H and O–H groups in total. The summed E-state index contributed by atoms with van der Waals surface area (Å²) in [6.45, 7) is 0. The Kier molecular flexibility index (Phi) is 8.07. The van der Waals surface area contributed by atoms with Gasteiger partial charge in [-0.1, -0.05) is 152 Å². The van der Waals surface area contributed by atoms with Crippen LogP contribution in [0, 0.1) is 0 Å². The molecule has 58 heavy (non-hydrogen) atoms. The van der Waals surface area contributed by atoms with Crippen molar-refractivity contribution in [2.45, 2.75) is 0 Å². The summed E-state index contributed by atoms with van der Waals surface area (Å²) in [6, 6.07) is 71.6. The highest BCUT2D eigenvalue weighted by Gasteiger charge is 2.21. The number of benzene rings is 9. The highest BCUT2D eigenvalue weighted by atomic mass is 16.3. The molecule has 0 radical (unpaired) electrons. The molecule has 0 saturated heterocycles. The summed E-state index contributed by atoms with van der Waals surface area (Å²) in [6.07, 6.45) is 0. The van der Waals surface area contributed by atoms with Crippen LogP contribution in [-0.2, 0) is 0 Å². The van der Waals surface area contributed by atoms with Gasteiger partial charge in [-0.2, -0.15) is 0 Å². The number of fused-ring (bicyclic) bond motifs is 6. The minimum atomic E-state index is 0.596. The van der Waals surface area contributed by atoms with E-state index in [0.717, 1.165) is 71.8 Å². The number of aromatic nitrogens is 3. The topological polar surface area (TPSA) is 55.1 Å². The maximum atomic E-state index is 6.72. The van der Waals surface area contributed by atoms with Crippen LogP contribution in [0.5, 0.6) is 0 Å². The Bertz CT molecular complexity index is 3270. The van der Waals surface area contributed by atoms with Crippen molar-refractivity contribution >= 4 is 60.5 Å². The zero-order valence-corrected chi connectivity index (χ0v) is 31.3. The average Bonchev–Trinajstić information content (AvgIpc) is 3.69. The largest absolute Gasteiger partial charge is 0.455 e. The number of anilines is 3. The molecule has 0 aliphatic rings. The molecule has 9 aromatic carbocycles. The minimum Gasteiger partial charge on any atom is -0.455 e. The second-order valence-corrected chi connectivity index (χ2v) is 14.4. The van der Waals surface area contributed by atoms with Crippen LogP contribution in [0.1, 0.15) is 0 Å². The second-order valence-electron chi connectivity index (χ2n) is 14.4. The van der Waals surface area contributed by atoms with Crippen LogP contribution >= 0.6 is 0 Å². The zero-order valence-electron chi connectivity index (χ0n) is 31.3. The van der Waals surface area contributed by atoms with E-state index in [2.05, 4.69) is 163 Å². The van der Waals surface area contributed by atoms with Gasteiger partial charge in [0.2, 0.25) is 0 Å². The third-order valence-corrected chi connectivity index (χ3v) is 10.9. The first-order valence-electron chi connectivity index (χ1n) is 19.4. The van der Waals surface area contributed by atoms with Crippen molar-refractivity contribution in [3.63, 3.8) is 0 Å². The molecule has 0 spiro atoms. The van der Waals surface area contributed by atoms with Crippen LogP contribution in [0.3, 0.4) is 0 Å². The number of furan rings is 1. The Labute approximate surface area is 335 Å². The van der Waals surface area contributed by atoms with E-state index in [-0.39, 0.29) is 0 Å². The van der Waals surface area contributed by atoms with Crippen LogP contribution in [-0.4, -0.2) is 15.0 Å². The number of hydrogen-bond donors (Lipinski definition) is 0. The summed E-state index contributed by atoms with van der Waals surface area (Å²) < 4.78 is 6.72. The molecule has 5 nitrogen and oxygen atoms in total. The maximum Gasteiger partial charge on any atom is 0.164 e. The summed E-state index contributed by atoms with van der Waals surface area (Å²) in [5, 5.41) is 6.29. The highest BCUT2D eigenvalue weighted by molar-refractivity contribution is 6.19. The molecular formula is C53H34N4O. The molecule has 0 saturated carbocycles. The first kappa shape index (κ1) is 33.4. The van der Waals surface area contributed by atoms with Crippen LogP contribution in [0.2, 0.25) is 0 Å². The van der Waals surface area contributed by atoms with E-state index in [4.69, 9.17) is 19.4 Å². The van der Waals surface area contributed by atoms with Crippen LogP contribution in [0.4, 0.5) is 17.1 Å². The quantitative estimate of drug-likeness (QED) is 0.163. The first-order valence-corrected chi connectivity index (χ1v) is 19.4. The fourth-order valence-electron chi connectivity index (χ4n) is 8.04. The van der Waals surface area contributed by atoms with Gasteiger partial charge in [0.05, 0.1) is 0 Å². The number of rotatable bonds is 7. The first-order chi connectivity index (χ1) is 28.7. The summed E-state index contributed by atoms with van der Waals surface area (Å²) in [7, 11) is 0. The van der Waals surface area contributed by atoms with Gasteiger partial charge < -0.3 is 9.32 Å². The predicted molar refractivity (Wildman–Crippen MR) is 239 cm³/mol. The van der Waals surface area contributed by atoms with E-state index in [1.54, 1.807) is 0 Å². The molecule has 0 amide bonds. The van der Waals surface area contributed by atoms with E-state index < -0.39 is 0 Å². The summed E-state index contributed by atoms with van der Waals surface area (Å²) >= 11 is 0. The molecule has 11 aromatic rings. The Morgan fingerprint density at radius 3 is 1.66 bits per heavy atom. The van der Waals surface area contributed by atoms with Crippen molar-refractivity contribution in [3.05, 3.63) is 206 Å². The van der Waals surface area contributed by atoms with Crippen molar-refractivity contribution in [3.8, 4) is 45.3 Å².